The fourth-order valence-corrected chi connectivity index (χ4v) is 0.857. The molecule has 0 aliphatic carbocycles. The standard InChI is InChI=1S/C6H5N3O.C3H7NO/c10-9-6-4-2-1-3-5(6)7-8-9;1-4(2)3-5/h1-4,10H;3H,1-2H3. The highest BCUT2D eigenvalue weighted by Crippen LogP contribution is 2.06. The highest BCUT2D eigenvalue weighted by Gasteiger charge is 1.98. The summed E-state index contributed by atoms with van der Waals surface area (Å²) in [6.07, 6.45) is 0.750. The van der Waals surface area contributed by atoms with Gasteiger partial charge in [0.05, 0.1) is 0 Å². The van der Waals surface area contributed by atoms with E-state index in [4.69, 9.17) is 5.21 Å². The van der Waals surface area contributed by atoms with Gasteiger partial charge in [-0.25, -0.2) is 0 Å². The fourth-order valence-electron chi connectivity index (χ4n) is 0.857. The van der Waals surface area contributed by atoms with Gasteiger partial charge >= 0.3 is 0 Å². The lowest BCUT2D eigenvalue weighted by molar-refractivity contribution is -0.115. The highest BCUT2D eigenvalue weighted by molar-refractivity contribution is 5.73. The number of amides is 1. The van der Waals surface area contributed by atoms with Gasteiger partial charge in [-0.15, -0.1) is 5.10 Å². The number of carbonyl (C=O) groups is 1. The molecule has 0 aliphatic heterocycles. The van der Waals surface area contributed by atoms with Crippen molar-refractivity contribution in [2.45, 2.75) is 0 Å². The summed E-state index contributed by atoms with van der Waals surface area (Å²) in [5.74, 6) is 0. The predicted molar refractivity (Wildman–Crippen MR) is 54.5 cm³/mol. The Bertz CT molecular complexity index is 438. The Hall–Kier alpha value is -2.11. The molecule has 15 heavy (non-hydrogen) atoms. The van der Waals surface area contributed by atoms with Gasteiger partial charge in [0.1, 0.15) is 11.0 Å². The molecule has 0 aliphatic rings. The number of aromatic nitrogens is 3. The second-order valence-corrected chi connectivity index (χ2v) is 3.04. The lowest BCUT2D eigenvalue weighted by Gasteiger charge is -1.93. The van der Waals surface area contributed by atoms with Crippen LogP contribution in [0.3, 0.4) is 0 Å². The third kappa shape index (κ3) is 2.94. The van der Waals surface area contributed by atoms with Crippen LogP contribution in [-0.2, 0) is 4.79 Å². The lowest BCUT2D eigenvalue weighted by atomic mass is 10.3. The Morgan fingerprint density at radius 2 is 2.00 bits per heavy atom. The molecule has 6 heteroatoms. The average Bonchev–Trinajstić information content (AvgIpc) is 2.62. The van der Waals surface area contributed by atoms with Crippen LogP contribution in [0.4, 0.5) is 0 Å². The number of fused-ring (bicyclic) bond motifs is 1. The van der Waals surface area contributed by atoms with Crippen LogP contribution in [-0.4, -0.2) is 45.8 Å². The molecule has 0 atom stereocenters. The monoisotopic (exact) mass is 208 g/mol. The summed E-state index contributed by atoms with van der Waals surface area (Å²) in [6, 6.07) is 7.19. The Balaban J connectivity index is 0.000000195. The average molecular weight is 208 g/mol. The van der Waals surface area contributed by atoms with Crippen molar-refractivity contribution < 1.29 is 10.0 Å². The Labute approximate surface area is 86.7 Å². The van der Waals surface area contributed by atoms with Crippen LogP contribution in [0.1, 0.15) is 0 Å². The molecule has 1 N–H and O–H groups in total. The topological polar surface area (TPSA) is 71.2 Å². The van der Waals surface area contributed by atoms with E-state index in [1.807, 2.05) is 12.1 Å². The van der Waals surface area contributed by atoms with Crippen molar-refractivity contribution in [3.63, 3.8) is 0 Å². The smallest absolute Gasteiger partial charge is 0.209 e. The van der Waals surface area contributed by atoms with Crippen LogP contribution in [0.15, 0.2) is 24.3 Å². The third-order valence-corrected chi connectivity index (χ3v) is 1.55. The van der Waals surface area contributed by atoms with Gasteiger partial charge in [0, 0.05) is 14.1 Å². The van der Waals surface area contributed by atoms with Crippen molar-refractivity contribution in [1.29, 1.82) is 0 Å². The molecule has 0 bridgehead atoms. The summed E-state index contributed by atoms with van der Waals surface area (Å²) < 4.78 is 0. The largest absolute Gasteiger partial charge is 0.410 e. The van der Waals surface area contributed by atoms with Crippen molar-refractivity contribution in [2.75, 3.05) is 14.1 Å². The van der Waals surface area contributed by atoms with Crippen LogP contribution >= 0.6 is 0 Å². The number of benzene rings is 1. The maximum Gasteiger partial charge on any atom is 0.209 e. The molecular weight excluding hydrogens is 196 g/mol. The first-order valence-electron chi connectivity index (χ1n) is 4.26. The van der Waals surface area contributed by atoms with E-state index in [-0.39, 0.29) is 0 Å². The van der Waals surface area contributed by atoms with Crippen LogP contribution in [0.2, 0.25) is 0 Å². The van der Waals surface area contributed by atoms with Crippen LogP contribution in [0.5, 0.6) is 0 Å². The van der Waals surface area contributed by atoms with Gasteiger partial charge in [-0.05, 0) is 17.3 Å². The lowest BCUT2D eigenvalue weighted by Crippen LogP contribution is -2.06. The minimum atomic E-state index is 0.627. The Kier molecular flexibility index (Phi) is 3.61. The molecule has 0 fully saturated rings. The minimum absolute atomic E-state index is 0.627. The molecule has 1 amide bonds. The van der Waals surface area contributed by atoms with Crippen molar-refractivity contribution in [3.8, 4) is 0 Å². The third-order valence-electron chi connectivity index (χ3n) is 1.55. The molecule has 0 saturated carbocycles. The molecule has 0 saturated heterocycles. The maximum atomic E-state index is 9.43. The molecule has 6 nitrogen and oxygen atoms in total. The zero-order valence-electron chi connectivity index (χ0n) is 8.53. The van der Waals surface area contributed by atoms with E-state index in [0.29, 0.717) is 11.0 Å². The van der Waals surface area contributed by atoms with Crippen molar-refractivity contribution in [2.24, 2.45) is 0 Å². The van der Waals surface area contributed by atoms with Crippen LogP contribution in [0.25, 0.3) is 11.0 Å². The summed E-state index contributed by atoms with van der Waals surface area (Å²) in [5, 5.41) is 16.1. The first-order chi connectivity index (χ1) is 7.15. The summed E-state index contributed by atoms with van der Waals surface area (Å²) in [7, 11) is 3.38. The molecule has 1 aromatic carbocycles. The second kappa shape index (κ2) is 4.94. The zero-order valence-corrected chi connectivity index (χ0v) is 8.53. The molecule has 80 valence electrons. The van der Waals surface area contributed by atoms with Crippen molar-refractivity contribution in [1.82, 2.24) is 20.1 Å². The normalized spacial score (nSPS) is 9.20. The van der Waals surface area contributed by atoms with Gasteiger partial charge in [-0.2, -0.15) is 0 Å². The molecule has 0 unspecified atom stereocenters. The molecule has 0 radical (unpaired) electrons. The number of hydrogen-bond acceptors (Lipinski definition) is 4. The van der Waals surface area contributed by atoms with E-state index in [9.17, 15) is 4.79 Å². The molecule has 2 rings (SSSR count). The molecule has 1 aromatic heterocycles. The summed E-state index contributed by atoms with van der Waals surface area (Å²) >= 11 is 0. The quantitative estimate of drug-likeness (QED) is 0.543. The van der Waals surface area contributed by atoms with Crippen molar-refractivity contribution in [3.05, 3.63) is 24.3 Å². The van der Waals surface area contributed by atoms with Gasteiger partial charge in [0.25, 0.3) is 0 Å². The first-order valence-corrected chi connectivity index (χ1v) is 4.26. The predicted octanol–water partition coefficient (Wildman–Crippen LogP) is 0.373. The Morgan fingerprint density at radius 1 is 1.40 bits per heavy atom. The number of nitrogens with zero attached hydrogens (tertiary/aromatic N) is 4. The van der Waals surface area contributed by atoms with E-state index >= 15 is 0 Å². The van der Waals surface area contributed by atoms with Crippen LogP contribution < -0.4 is 0 Å². The van der Waals surface area contributed by atoms with Gasteiger partial charge in [-0.1, -0.05) is 17.0 Å². The number of hydrogen-bond donors (Lipinski definition) is 1. The number of carbonyl (C=O) groups excluding carboxylic acids is 1. The first kappa shape index (κ1) is 11.0. The second-order valence-electron chi connectivity index (χ2n) is 3.04. The van der Waals surface area contributed by atoms with E-state index in [1.165, 1.54) is 4.90 Å². The minimum Gasteiger partial charge on any atom is -0.410 e. The fraction of sp³-hybridized carbons (Fsp3) is 0.222. The van der Waals surface area contributed by atoms with Gasteiger partial charge in [-0.3, -0.25) is 4.79 Å². The highest BCUT2D eigenvalue weighted by atomic mass is 16.5. The molecular formula is C9H12N4O2. The zero-order chi connectivity index (χ0) is 11.3. The molecule has 2 aromatic rings. The van der Waals surface area contributed by atoms with Gasteiger partial charge in [0.15, 0.2) is 0 Å². The number of rotatable bonds is 1. The number of para-hydroxylation sites is 1. The molecule has 0 spiro atoms. The van der Waals surface area contributed by atoms with Gasteiger partial charge < -0.3 is 10.1 Å². The SMILES string of the molecule is CN(C)C=O.On1nnc2ccccc21. The van der Waals surface area contributed by atoms with E-state index in [1.54, 1.807) is 26.2 Å². The maximum absolute atomic E-state index is 9.43. The summed E-state index contributed by atoms with van der Waals surface area (Å²) in [4.78, 5) is 11.6. The Morgan fingerprint density at radius 3 is 2.53 bits per heavy atom. The van der Waals surface area contributed by atoms with E-state index in [2.05, 4.69) is 10.3 Å². The van der Waals surface area contributed by atoms with E-state index in [0.717, 1.165) is 11.3 Å². The van der Waals surface area contributed by atoms with Crippen LogP contribution in [0, 0.1) is 0 Å². The van der Waals surface area contributed by atoms with Crippen molar-refractivity contribution >= 4 is 17.4 Å². The molecule has 1 heterocycles. The van der Waals surface area contributed by atoms with E-state index < -0.39 is 0 Å². The van der Waals surface area contributed by atoms with Gasteiger partial charge in [0.2, 0.25) is 6.41 Å². The summed E-state index contributed by atoms with van der Waals surface area (Å²) in [6.45, 7) is 0. The summed E-state index contributed by atoms with van der Waals surface area (Å²) in [5.41, 5.74) is 1.33.